The molecule has 0 radical (unpaired) electrons. The van der Waals surface area contributed by atoms with Crippen LogP contribution < -0.4 is 13.0 Å². The fourth-order valence-corrected chi connectivity index (χ4v) is 6.52. The van der Waals surface area contributed by atoms with Gasteiger partial charge in [0.2, 0.25) is 11.4 Å². The van der Waals surface area contributed by atoms with E-state index < -0.39 is 26.5 Å². The zero-order chi connectivity index (χ0) is 24.3. The predicted molar refractivity (Wildman–Crippen MR) is 125 cm³/mol. The number of fused-ring (bicyclic) bond motifs is 2. The highest BCUT2D eigenvalue weighted by Gasteiger charge is 2.34. The maximum Gasteiger partial charge on any atom is 0.331 e. The molecule has 174 valence electrons. The lowest BCUT2D eigenvalue weighted by Gasteiger charge is -2.21. The topological polar surface area (TPSA) is 131 Å². The molecule has 4 aromatic rings. The van der Waals surface area contributed by atoms with Gasteiger partial charge in [-0.25, -0.2) is 12.7 Å². The molecule has 0 aliphatic carbocycles. The van der Waals surface area contributed by atoms with Crippen molar-refractivity contribution in [2.24, 2.45) is 0 Å². The van der Waals surface area contributed by atoms with Gasteiger partial charge >= 0.3 is 10.3 Å². The molecule has 0 saturated heterocycles. The molecular formula is C21H12ClN2O7S3-. The van der Waals surface area contributed by atoms with E-state index in [4.69, 9.17) is 16.3 Å². The van der Waals surface area contributed by atoms with E-state index >= 15 is 0 Å². The number of nitrogens with zero attached hydrogens (tertiary/aromatic N) is 2. The molecule has 13 heteroatoms. The second-order valence-corrected chi connectivity index (χ2v) is 11.1. The summed E-state index contributed by atoms with van der Waals surface area (Å²) in [7, 11) is -10.2. The Labute approximate surface area is 203 Å². The van der Waals surface area contributed by atoms with Crippen LogP contribution in [0.15, 0.2) is 72.6 Å². The van der Waals surface area contributed by atoms with Crippen molar-refractivity contribution in [3.05, 3.63) is 82.6 Å². The Bertz CT molecular complexity index is 1700. The van der Waals surface area contributed by atoms with E-state index in [0.29, 0.717) is 18.5 Å². The van der Waals surface area contributed by atoms with Gasteiger partial charge in [-0.3, -0.25) is 0 Å². The molecule has 0 bridgehead atoms. The summed E-state index contributed by atoms with van der Waals surface area (Å²) in [5, 5.41) is 0.0237. The highest BCUT2D eigenvalue weighted by molar-refractivity contribution is 7.87. The number of ether oxygens (including phenoxy) is 1. The largest absolute Gasteiger partial charge is 0.730 e. The number of aromatic nitrogens is 1. The molecule has 5 rings (SSSR count). The van der Waals surface area contributed by atoms with Crippen LogP contribution in [-0.2, 0) is 20.6 Å². The minimum Gasteiger partial charge on any atom is -0.730 e. The fraction of sp³-hybridized carbons (Fsp3) is 0. The van der Waals surface area contributed by atoms with Gasteiger partial charge in [-0.1, -0.05) is 63.3 Å². The minimum atomic E-state index is -5.13. The van der Waals surface area contributed by atoms with Crippen LogP contribution in [0.1, 0.15) is 5.01 Å². The summed E-state index contributed by atoms with van der Waals surface area (Å²) in [5.41, 5.74) is 1.38. The Morgan fingerprint density at radius 3 is 2.35 bits per heavy atom. The van der Waals surface area contributed by atoms with Crippen molar-refractivity contribution < 1.29 is 34.7 Å². The molecular weight excluding hydrogens is 524 g/mol. The molecule has 0 amide bonds. The van der Waals surface area contributed by atoms with Crippen LogP contribution >= 0.6 is 22.9 Å². The van der Waals surface area contributed by atoms with E-state index in [2.05, 4.69) is 0 Å². The standard InChI is InChI=1S/C21H13ClN2O7S3/c22-15-7-9-19-17(11-15)24(34(28,29)30)21(32-19)12-20-23(33(25,26)27)16-10-14(6-8-18(16)31-20)13-4-2-1-3-5-13/h1-12H,(H-,25,26,27,28,29,30)/p-1. The van der Waals surface area contributed by atoms with Crippen LogP contribution in [0.5, 0.6) is 5.75 Å². The van der Waals surface area contributed by atoms with Gasteiger partial charge < -0.3 is 13.8 Å². The quantitative estimate of drug-likeness (QED) is 0.289. The van der Waals surface area contributed by atoms with Crippen molar-refractivity contribution in [2.75, 3.05) is 4.31 Å². The second kappa shape index (κ2) is 8.05. The number of benzene rings is 3. The summed E-state index contributed by atoms with van der Waals surface area (Å²) in [5.74, 6) is -0.392. The maximum atomic E-state index is 12.2. The van der Waals surface area contributed by atoms with Gasteiger partial charge in [0.25, 0.3) is 5.01 Å². The van der Waals surface area contributed by atoms with Crippen molar-refractivity contribution in [2.45, 2.75) is 0 Å². The third-order valence-electron chi connectivity index (χ3n) is 4.95. The smallest absolute Gasteiger partial charge is 0.331 e. The van der Waals surface area contributed by atoms with Crippen molar-refractivity contribution in [3.63, 3.8) is 0 Å². The first-order valence-electron chi connectivity index (χ1n) is 9.48. The number of hydrogen-bond donors (Lipinski definition) is 0. The average molecular weight is 536 g/mol. The monoisotopic (exact) mass is 535 g/mol. The van der Waals surface area contributed by atoms with E-state index in [1.165, 1.54) is 30.3 Å². The van der Waals surface area contributed by atoms with Crippen LogP contribution in [0, 0.1) is 0 Å². The molecule has 0 saturated carbocycles. The number of hydrogen-bond acceptors (Lipinski definition) is 8. The van der Waals surface area contributed by atoms with Crippen molar-refractivity contribution in [1.29, 1.82) is 0 Å². The molecule has 0 fully saturated rings. The van der Waals surface area contributed by atoms with Crippen LogP contribution in [0.2, 0.25) is 5.02 Å². The van der Waals surface area contributed by atoms with Crippen LogP contribution in [0.4, 0.5) is 5.69 Å². The Morgan fingerprint density at radius 2 is 1.68 bits per heavy atom. The Kier molecular flexibility index (Phi) is 5.39. The van der Waals surface area contributed by atoms with E-state index in [9.17, 15) is 25.9 Å². The normalized spacial score (nSPS) is 15.0. The van der Waals surface area contributed by atoms with Gasteiger partial charge in [-0.05, 0) is 35.4 Å². The summed E-state index contributed by atoms with van der Waals surface area (Å²) < 4.78 is 79.5. The molecule has 9 nitrogen and oxygen atoms in total. The first-order valence-corrected chi connectivity index (χ1v) is 13.4. The second-order valence-electron chi connectivity index (χ2n) is 7.13. The van der Waals surface area contributed by atoms with Crippen LogP contribution in [-0.4, -0.2) is 25.9 Å². The molecule has 1 aliphatic heterocycles. The molecule has 1 aliphatic rings. The molecule has 3 aromatic carbocycles. The van der Waals surface area contributed by atoms with Crippen LogP contribution in [0.25, 0.3) is 27.4 Å². The first-order chi connectivity index (χ1) is 16.0. The number of thiazole rings is 1. The average Bonchev–Trinajstić information content (AvgIpc) is 3.30. The Hall–Kier alpha value is -3.00. The lowest BCUT2D eigenvalue weighted by Crippen LogP contribution is -2.43. The predicted octanol–water partition coefficient (Wildman–Crippen LogP) is 3.48. The summed E-state index contributed by atoms with van der Waals surface area (Å²) >= 11 is 6.84. The van der Waals surface area contributed by atoms with E-state index in [1.54, 1.807) is 6.07 Å². The summed E-state index contributed by atoms with van der Waals surface area (Å²) in [6, 6.07) is 18.1. The van der Waals surface area contributed by atoms with Gasteiger partial charge in [0.05, 0.1) is 6.08 Å². The van der Waals surface area contributed by atoms with Gasteiger partial charge in [0, 0.05) is 11.1 Å². The Morgan fingerprint density at radius 1 is 0.941 bits per heavy atom. The number of halogens is 1. The number of rotatable bonds is 4. The van der Waals surface area contributed by atoms with E-state index in [-0.39, 0.29) is 27.0 Å². The lowest BCUT2D eigenvalue weighted by molar-refractivity contribution is -0.486. The van der Waals surface area contributed by atoms with Gasteiger partial charge in [-0.2, -0.15) is 8.42 Å². The lowest BCUT2D eigenvalue weighted by atomic mass is 10.1. The molecule has 0 atom stereocenters. The molecule has 1 aromatic heterocycles. The zero-order valence-electron chi connectivity index (χ0n) is 16.8. The van der Waals surface area contributed by atoms with Gasteiger partial charge in [0.15, 0.2) is 16.1 Å². The molecule has 0 spiro atoms. The summed E-state index contributed by atoms with van der Waals surface area (Å²) in [6.45, 7) is 0. The highest BCUT2D eigenvalue weighted by Crippen LogP contribution is 2.43. The Balaban J connectivity index is 1.70. The minimum absolute atomic E-state index is 0.0118. The number of anilines is 1. The maximum absolute atomic E-state index is 12.2. The third kappa shape index (κ3) is 4.04. The highest BCUT2D eigenvalue weighted by atomic mass is 35.5. The first kappa shape index (κ1) is 22.8. The SMILES string of the molecule is O=S(=O)([O-])N1C(=Cc2sc3ccc(Cl)cc3[n+]2S(=O)(=O)[O-])Oc2ccc(-c3ccccc3)cc21. The fourth-order valence-electron chi connectivity index (χ4n) is 3.60. The van der Waals surface area contributed by atoms with Crippen molar-refractivity contribution in [1.82, 2.24) is 0 Å². The summed E-state index contributed by atoms with van der Waals surface area (Å²) in [6.07, 6.45) is 1.02. The zero-order valence-corrected chi connectivity index (χ0v) is 20.0. The molecule has 0 N–H and O–H groups in total. The van der Waals surface area contributed by atoms with Gasteiger partial charge in [0.1, 0.15) is 10.4 Å². The van der Waals surface area contributed by atoms with E-state index in [1.807, 2.05) is 30.3 Å². The van der Waals surface area contributed by atoms with Gasteiger partial charge in [-0.15, -0.1) is 0 Å². The molecule has 0 unspecified atom stereocenters. The third-order valence-corrected chi connectivity index (χ3v) is 8.04. The van der Waals surface area contributed by atoms with E-state index in [0.717, 1.165) is 23.0 Å². The van der Waals surface area contributed by atoms with Crippen molar-refractivity contribution in [3.8, 4) is 16.9 Å². The molecule has 34 heavy (non-hydrogen) atoms. The summed E-state index contributed by atoms with van der Waals surface area (Å²) in [4.78, 5) is 0. The van der Waals surface area contributed by atoms with Crippen molar-refractivity contribution >= 4 is 65.5 Å². The van der Waals surface area contributed by atoms with Crippen LogP contribution in [0.3, 0.4) is 0 Å². The molecule has 2 heterocycles.